The molecule has 1 N–H and O–H groups in total. The van der Waals surface area contributed by atoms with Gasteiger partial charge in [-0.25, -0.2) is 0 Å². The van der Waals surface area contributed by atoms with Crippen molar-refractivity contribution in [2.75, 3.05) is 19.7 Å². The van der Waals surface area contributed by atoms with Gasteiger partial charge < -0.3 is 14.6 Å². The van der Waals surface area contributed by atoms with Crippen LogP contribution in [-0.2, 0) is 4.74 Å². The Morgan fingerprint density at radius 1 is 1.29 bits per heavy atom. The molecule has 0 amide bonds. The molecule has 94 valence electrons. The fourth-order valence-corrected chi connectivity index (χ4v) is 2.85. The molecule has 2 fully saturated rings. The minimum Gasteiger partial charge on any atom is -0.368 e. The molecule has 1 aromatic rings. The van der Waals surface area contributed by atoms with Crippen LogP contribution < -0.4 is 5.32 Å². The van der Waals surface area contributed by atoms with Gasteiger partial charge in [-0.1, -0.05) is 19.3 Å². The molecular formula is C12H20N4O. The van der Waals surface area contributed by atoms with E-state index in [-0.39, 0.29) is 6.10 Å². The summed E-state index contributed by atoms with van der Waals surface area (Å²) in [6.07, 6.45) is 8.49. The Kier molecular flexibility index (Phi) is 3.38. The summed E-state index contributed by atoms with van der Waals surface area (Å²) in [5, 5.41) is 11.7. The number of rotatable bonds is 2. The molecule has 1 aromatic heterocycles. The van der Waals surface area contributed by atoms with E-state index in [9.17, 15) is 0 Å². The van der Waals surface area contributed by atoms with Crippen LogP contribution >= 0.6 is 0 Å². The zero-order valence-electron chi connectivity index (χ0n) is 10.1. The van der Waals surface area contributed by atoms with Crippen LogP contribution in [0.5, 0.6) is 0 Å². The topological polar surface area (TPSA) is 52.0 Å². The van der Waals surface area contributed by atoms with Crippen LogP contribution in [0, 0.1) is 0 Å². The van der Waals surface area contributed by atoms with Gasteiger partial charge in [-0.3, -0.25) is 0 Å². The highest BCUT2D eigenvalue weighted by Gasteiger charge is 2.25. The lowest BCUT2D eigenvalue weighted by atomic mass is 9.95. The highest BCUT2D eigenvalue weighted by molar-refractivity contribution is 4.97. The third-order valence-electron chi connectivity index (χ3n) is 3.78. The minimum atomic E-state index is 0.0770. The smallest absolute Gasteiger partial charge is 0.163 e. The van der Waals surface area contributed by atoms with Gasteiger partial charge >= 0.3 is 0 Å². The van der Waals surface area contributed by atoms with E-state index >= 15 is 0 Å². The first-order valence-corrected chi connectivity index (χ1v) is 6.67. The van der Waals surface area contributed by atoms with Crippen molar-refractivity contribution >= 4 is 0 Å². The number of morpholine rings is 1. The molecule has 1 unspecified atom stereocenters. The summed E-state index contributed by atoms with van der Waals surface area (Å²) in [5.41, 5.74) is 0. The molecule has 2 heterocycles. The molecule has 5 heteroatoms. The van der Waals surface area contributed by atoms with Crippen LogP contribution in [-0.4, -0.2) is 34.5 Å². The third kappa shape index (κ3) is 2.35. The van der Waals surface area contributed by atoms with Gasteiger partial charge in [0.15, 0.2) is 5.82 Å². The standard InChI is InChI=1S/C12H20N4O/c1-2-4-10(5-3-1)16-9-14-15-12(16)11-8-13-6-7-17-11/h9-11,13H,1-8H2. The van der Waals surface area contributed by atoms with Crippen LogP contribution in [0.1, 0.15) is 50.1 Å². The molecular weight excluding hydrogens is 216 g/mol. The van der Waals surface area contributed by atoms with Crippen molar-refractivity contribution in [3.05, 3.63) is 12.2 Å². The maximum Gasteiger partial charge on any atom is 0.163 e. The third-order valence-corrected chi connectivity index (χ3v) is 3.78. The van der Waals surface area contributed by atoms with Crippen molar-refractivity contribution in [3.8, 4) is 0 Å². The molecule has 0 radical (unpaired) electrons. The minimum absolute atomic E-state index is 0.0770. The zero-order chi connectivity index (χ0) is 11.5. The Balaban J connectivity index is 1.77. The molecule has 1 saturated heterocycles. The fraction of sp³-hybridized carbons (Fsp3) is 0.833. The second-order valence-electron chi connectivity index (χ2n) is 4.95. The van der Waals surface area contributed by atoms with Gasteiger partial charge in [0, 0.05) is 19.1 Å². The van der Waals surface area contributed by atoms with E-state index in [1.807, 2.05) is 6.33 Å². The van der Waals surface area contributed by atoms with Crippen LogP contribution in [0.25, 0.3) is 0 Å². The normalized spacial score (nSPS) is 27.2. The van der Waals surface area contributed by atoms with Gasteiger partial charge in [-0.15, -0.1) is 10.2 Å². The molecule has 2 aliphatic rings. The highest BCUT2D eigenvalue weighted by atomic mass is 16.5. The average molecular weight is 236 g/mol. The van der Waals surface area contributed by atoms with Crippen molar-refractivity contribution in [1.29, 1.82) is 0 Å². The summed E-state index contributed by atoms with van der Waals surface area (Å²) >= 11 is 0. The molecule has 0 spiro atoms. The Bertz CT molecular complexity index is 321. The van der Waals surface area contributed by atoms with Crippen molar-refractivity contribution in [3.63, 3.8) is 0 Å². The first-order chi connectivity index (χ1) is 8.45. The Morgan fingerprint density at radius 3 is 2.94 bits per heavy atom. The quantitative estimate of drug-likeness (QED) is 0.844. The molecule has 1 aliphatic carbocycles. The Labute approximate surface area is 102 Å². The van der Waals surface area contributed by atoms with Crippen molar-refractivity contribution in [1.82, 2.24) is 20.1 Å². The maximum absolute atomic E-state index is 5.77. The van der Waals surface area contributed by atoms with Gasteiger partial charge in [-0.2, -0.15) is 0 Å². The lowest BCUT2D eigenvalue weighted by molar-refractivity contribution is 0.0183. The summed E-state index contributed by atoms with van der Waals surface area (Å²) < 4.78 is 8.01. The van der Waals surface area contributed by atoms with E-state index in [0.29, 0.717) is 6.04 Å². The first-order valence-electron chi connectivity index (χ1n) is 6.67. The predicted octanol–water partition coefficient (Wildman–Crippen LogP) is 1.44. The molecule has 3 rings (SSSR count). The number of aromatic nitrogens is 3. The number of hydrogen-bond acceptors (Lipinski definition) is 4. The summed E-state index contributed by atoms with van der Waals surface area (Å²) in [5.74, 6) is 1.00. The van der Waals surface area contributed by atoms with Gasteiger partial charge in [0.1, 0.15) is 12.4 Å². The lowest BCUT2D eigenvalue weighted by Crippen LogP contribution is -2.35. The molecule has 0 aromatic carbocycles. The second kappa shape index (κ2) is 5.14. The first kappa shape index (κ1) is 11.2. The highest BCUT2D eigenvalue weighted by Crippen LogP contribution is 2.30. The number of nitrogens with zero attached hydrogens (tertiary/aromatic N) is 3. The van der Waals surface area contributed by atoms with E-state index in [1.165, 1.54) is 32.1 Å². The molecule has 1 atom stereocenters. The monoisotopic (exact) mass is 236 g/mol. The van der Waals surface area contributed by atoms with Gasteiger partial charge in [0.25, 0.3) is 0 Å². The SMILES string of the molecule is c1nnc(C2CNCCO2)n1C1CCCCC1. The summed E-state index contributed by atoms with van der Waals surface area (Å²) in [6, 6.07) is 0.583. The summed E-state index contributed by atoms with van der Waals surface area (Å²) in [4.78, 5) is 0. The zero-order valence-corrected chi connectivity index (χ0v) is 10.1. The molecule has 17 heavy (non-hydrogen) atoms. The van der Waals surface area contributed by atoms with E-state index < -0.39 is 0 Å². The fourth-order valence-electron chi connectivity index (χ4n) is 2.85. The van der Waals surface area contributed by atoms with Crippen LogP contribution in [0.3, 0.4) is 0 Å². The van der Waals surface area contributed by atoms with Gasteiger partial charge in [-0.05, 0) is 12.8 Å². The van der Waals surface area contributed by atoms with Crippen molar-refractivity contribution in [2.24, 2.45) is 0 Å². The number of hydrogen-bond donors (Lipinski definition) is 1. The Morgan fingerprint density at radius 2 is 2.18 bits per heavy atom. The average Bonchev–Trinajstić information content (AvgIpc) is 2.90. The van der Waals surface area contributed by atoms with Crippen molar-refractivity contribution < 1.29 is 4.74 Å². The number of nitrogens with one attached hydrogen (secondary N) is 1. The van der Waals surface area contributed by atoms with E-state index in [2.05, 4.69) is 20.1 Å². The molecule has 0 bridgehead atoms. The van der Waals surface area contributed by atoms with Gasteiger partial charge in [0.05, 0.1) is 6.61 Å². The lowest BCUT2D eigenvalue weighted by Gasteiger charge is -2.28. The molecule has 1 saturated carbocycles. The van der Waals surface area contributed by atoms with E-state index in [0.717, 1.165) is 25.5 Å². The van der Waals surface area contributed by atoms with E-state index in [1.54, 1.807) is 0 Å². The van der Waals surface area contributed by atoms with Crippen LogP contribution in [0.15, 0.2) is 6.33 Å². The second-order valence-corrected chi connectivity index (χ2v) is 4.95. The van der Waals surface area contributed by atoms with Crippen LogP contribution in [0.4, 0.5) is 0 Å². The van der Waals surface area contributed by atoms with Crippen LogP contribution in [0.2, 0.25) is 0 Å². The maximum atomic E-state index is 5.77. The predicted molar refractivity (Wildman–Crippen MR) is 63.7 cm³/mol. The molecule has 5 nitrogen and oxygen atoms in total. The van der Waals surface area contributed by atoms with Crippen molar-refractivity contribution in [2.45, 2.75) is 44.2 Å². The number of ether oxygens (including phenoxy) is 1. The summed E-state index contributed by atoms with van der Waals surface area (Å²) in [6.45, 7) is 2.56. The van der Waals surface area contributed by atoms with Gasteiger partial charge in [0.2, 0.25) is 0 Å². The van der Waals surface area contributed by atoms with E-state index in [4.69, 9.17) is 4.74 Å². The Hall–Kier alpha value is -0.940. The summed E-state index contributed by atoms with van der Waals surface area (Å²) in [7, 11) is 0. The molecule has 1 aliphatic heterocycles. The largest absolute Gasteiger partial charge is 0.368 e.